The molecule has 0 unspecified atom stereocenters. The summed E-state index contributed by atoms with van der Waals surface area (Å²) in [6.07, 6.45) is 1.29. The summed E-state index contributed by atoms with van der Waals surface area (Å²) in [5, 5.41) is 5.80. The van der Waals surface area contributed by atoms with Crippen LogP contribution in [0.3, 0.4) is 0 Å². The van der Waals surface area contributed by atoms with Crippen molar-refractivity contribution in [3.8, 4) is 23.1 Å². The number of para-hydroxylation sites is 1. The third-order valence-corrected chi connectivity index (χ3v) is 7.02. The Morgan fingerprint density at radius 3 is 2.75 bits per heavy atom. The molecule has 5 rings (SSSR count). The van der Waals surface area contributed by atoms with Crippen molar-refractivity contribution >= 4 is 72.6 Å². The van der Waals surface area contributed by atoms with Crippen LogP contribution in [-0.2, 0) is 9.53 Å². The molecule has 0 aliphatic rings. The molecule has 0 aliphatic heterocycles. The minimum absolute atomic E-state index is 0.241. The third kappa shape index (κ3) is 5.89. The van der Waals surface area contributed by atoms with Crippen LogP contribution in [0.4, 0.5) is 0 Å². The molecular weight excluding hydrogens is 693 g/mol. The van der Waals surface area contributed by atoms with Gasteiger partial charge >= 0.3 is 5.97 Å². The lowest BCUT2D eigenvalue weighted by Crippen LogP contribution is -2.20. The second kappa shape index (κ2) is 11.8. The van der Waals surface area contributed by atoms with Crippen molar-refractivity contribution in [2.75, 3.05) is 13.7 Å². The highest BCUT2D eigenvalue weighted by molar-refractivity contribution is 14.1. The van der Waals surface area contributed by atoms with Crippen LogP contribution in [0, 0.1) is 3.57 Å². The van der Waals surface area contributed by atoms with Gasteiger partial charge in [-0.25, -0.2) is 9.78 Å². The molecule has 40 heavy (non-hydrogen) atoms. The molecule has 0 N–H and O–H groups in total. The number of halogens is 2. The monoisotopic (exact) mass is 715 g/mol. The van der Waals surface area contributed by atoms with Gasteiger partial charge in [0.1, 0.15) is 5.58 Å². The number of hydrogen-bond acceptors (Lipinski definition) is 8. The minimum atomic E-state index is -0.479. The number of carbonyl (C=O) groups excluding carboxylic acids is 1. The molecule has 9 nitrogen and oxygen atoms in total. The van der Waals surface area contributed by atoms with E-state index in [1.807, 2.05) is 30.3 Å². The van der Waals surface area contributed by atoms with E-state index in [2.05, 4.69) is 43.6 Å². The number of furan rings is 1. The summed E-state index contributed by atoms with van der Waals surface area (Å²) in [4.78, 5) is 30.2. The van der Waals surface area contributed by atoms with Crippen molar-refractivity contribution in [3.63, 3.8) is 0 Å². The fourth-order valence-corrected chi connectivity index (χ4v) is 5.18. The SMILES string of the molecule is COc1cc(C=Nn2c(-c3cc4cc(Br)ccc4o3)nc3ccccc3c2=O)cc(I)c1OCC(=O)OC(C)C. The molecule has 0 saturated heterocycles. The number of nitrogens with zero attached hydrogens (tertiary/aromatic N) is 3. The lowest BCUT2D eigenvalue weighted by atomic mass is 10.2. The van der Waals surface area contributed by atoms with E-state index in [9.17, 15) is 9.59 Å². The minimum Gasteiger partial charge on any atom is -0.493 e. The van der Waals surface area contributed by atoms with Gasteiger partial charge in [0, 0.05) is 9.86 Å². The van der Waals surface area contributed by atoms with Gasteiger partial charge in [0.05, 0.1) is 33.9 Å². The molecule has 5 aromatic rings. The van der Waals surface area contributed by atoms with Crippen molar-refractivity contribution in [1.29, 1.82) is 0 Å². The van der Waals surface area contributed by atoms with Gasteiger partial charge in [-0.05, 0) is 90.5 Å². The van der Waals surface area contributed by atoms with Gasteiger partial charge in [0.2, 0.25) is 5.82 Å². The average Bonchev–Trinajstić information content (AvgIpc) is 3.34. The molecule has 0 atom stereocenters. The number of esters is 1. The Hall–Kier alpha value is -3.71. The number of hydrogen-bond donors (Lipinski definition) is 0. The number of fused-ring (bicyclic) bond motifs is 2. The largest absolute Gasteiger partial charge is 0.493 e. The van der Waals surface area contributed by atoms with Gasteiger partial charge in [-0.1, -0.05) is 28.1 Å². The van der Waals surface area contributed by atoms with Crippen LogP contribution < -0.4 is 15.0 Å². The smallest absolute Gasteiger partial charge is 0.344 e. The van der Waals surface area contributed by atoms with E-state index < -0.39 is 5.97 Å². The highest BCUT2D eigenvalue weighted by atomic mass is 127. The van der Waals surface area contributed by atoms with E-state index in [-0.39, 0.29) is 24.1 Å². The highest BCUT2D eigenvalue weighted by Gasteiger charge is 2.18. The molecule has 0 spiro atoms. The van der Waals surface area contributed by atoms with E-state index in [4.69, 9.17) is 23.6 Å². The summed E-state index contributed by atoms with van der Waals surface area (Å²) in [6.45, 7) is 3.28. The number of carbonyl (C=O) groups is 1. The van der Waals surface area contributed by atoms with Crippen molar-refractivity contribution < 1.29 is 23.4 Å². The van der Waals surface area contributed by atoms with Crippen molar-refractivity contribution in [2.24, 2.45) is 5.10 Å². The Kier molecular flexibility index (Phi) is 8.22. The molecule has 3 aromatic carbocycles. The normalized spacial score (nSPS) is 11.6. The zero-order chi connectivity index (χ0) is 28.4. The number of aromatic nitrogens is 2. The van der Waals surface area contributed by atoms with Gasteiger partial charge in [-0.2, -0.15) is 9.78 Å². The van der Waals surface area contributed by atoms with E-state index in [1.54, 1.807) is 44.2 Å². The first-order valence-corrected chi connectivity index (χ1v) is 14.1. The molecule has 0 radical (unpaired) electrons. The first-order valence-electron chi connectivity index (χ1n) is 12.2. The van der Waals surface area contributed by atoms with Crippen LogP contribution in [0.2, 0.25) is 0 Å². The fraction of sp³-hybridized carbons (Fsp3) is 0.172. The predicted molar refractivity (Wildman–Crippen MR) is 164 cm³/mol. The Bertz CT molecular complexity index is 1830. The van der Waals surface area contributed by atoms with Crippen LogP contribution in [0.1, 0.15) is 19.4 Å². The second-order valence-electron chi connectivity index (χ2n) is 8.97. The van der Waals surface area contributed by atoms with Crippen LogP contribution in [-0.4, -0.2) is 41.7 Å². The summed E-state index contributed by atoms with van der Waals surface area (Å²) in [6, 6.07) is 18.1. The van der Waals surface area contributed by atoms with E-state index in [0.29, 0.717) is 42.9 Å². The molecule has 11 heteroatoms. The number of rotatable bonds is 8. The highest BCUT2D eigenvalue weighted by Crippen LogP contribution is 2.34. The Morgan fingerprint density at radius 1 is 1.18 bits per heavy atom. The molecule has 0 aliphatic carbocycles. The zero-order valence-corrected chi connectivity index (χ0v) is 25.4. The van der Waals surface area contributed by atoms with Crippen LogP contribution in [0.5, 0.6) is 11.5 Å². The molecule has 0 amide bonds. The Labute approximate surface area is 251 Å². The molecule has 0 saturated carbocycles. The average molecular weight is 716 g/mol. The van der Waals surface area contributed by atoms with Crippen molar-refractivity contribution in [2.45, 2.75) is 20.0 Å². The van der Waals surface area contributed by atoms with E-state index in [1.165, 1.54) is 18.0 Å². The van der Waals surface area contributed by atoms with E-state index >= 15 is 0 Å². The standard InChI is InChI=1S/C29H23BrIN3O6/c1-16(2)39-26(35)15-38-27-21(31)10-17(11-24(27)37-3)14-32-34-28(33-22-7-5-4-6-20(22)29(34)36)25-13-18-12-19(30)8-9-23(18)40-25/h4-14,16H,15H2,1-3H3. The lowest BCUT2D eigenvalue weighted by molar-refractivity contribution is -0.149. The molecule has 0 bridgehead atoms. The number of ether oxygens (including phenoxy) is 3. The molecule has 2 aromatic heterocycles. The summed E-state index contributed by atoms with van der Waals surface area (Å²) in [5.41, 5.74) is 1.48. The first-order chi connectivity index (χ1) is 19.2. The van der Waals surface area contributed by atoms with Gasteiger partial charge < -0.3 is 18.6 Å². The Balaban J connectivity index is 1.55. The lowest BCUT2D eigenvalue weighted by Gasteiger charge is -2.14. The van der Waals surface area contributed by atoms with E-state index in [0.717, 1.165) is 9.86 Å². The summed E-state index contributed by atoms with van der Waals surface area (Å²) >= 11 is 5.56. The van der Waals surface area contributed by atoms with Crippen molar-refractivity contribution in [3.05, 3.63) is 84.6 Å². The van der Waals surface area contributed by atoms with Gasteiger partial charge in [0.15, 0.2) is 23.9 Å². The predicted octanol–water partition coefficient (Wildman–Crippen LogP) is 6.40. The zero-order valence-electron chi connectivity index (χ0n) is 21.7. The molecule has 2 heterocycles. The number of methoxy groups -OCH3 is 1. The maximum absolute atomic E-state index is 13.6. The van der Waals surface area contributed by atoms with Gasteiger partial charge in [-0.3, -0.25) is 4.79 Å². The maximum atomic E-state index is 13.6. The summed E-state index contributed by atoms with van der Waals surface area (Å²) in [5.74, 6) is 0.986. The Morgan fingerprint density at radius 2 is 1.98 bits per heavy atom. The summed E-state index contributed by atoms with van der Waals surface area (Å²) in [7, 11) is 1.50. The molecule has 204 valence electrons. The quantitative estimate of drug-likeness (QED) is 0.104. The van der Waals surface area contributed by atoms with Crippen LogP contribution in [0.15, 0.2) is 79.4 Å². The molecular formula is C29H23BrIN3O6. The van der Waals surface area contributed by atoms with Gasteiger partial charge in [-0.15, -0.1) is 0 Å². The van der Waals surface area contributed by atoms with Gasteiger partial charge in [0.25, 0.3) is 5.56 Å². The summed E-state index contributed by atoms with van der Waals surface area (Å²) < 4.78 is 25.2. The fourth-order valence-electron chi connectivity index (χ4n) is 4.02. The van der Waals surface area contributed by atoms with Crippen LogP contribution >= 0.6 is 38.5 Å². The topological polar surface area (TPSA) is 105 Å². The second-order valence-corrected chi connectivity index (χ2v) is 11.0. The van der Waals surface area contributed by atoms with Crippen LogP contribution in [0.25, 0.3) is 33.5 Å². The maximum Gasteiger partial charge on any atom is 0.344 e. The molecule has 0 fully saturated rings. The third-order valence-electron chi connectivity index (χ3n) is 5.73. The first kappa shape index (κ1) is 27.8. The van der Waals surface area contributed by atoms with Crippen molar-refractivity contribution in [1.82, 2.24) is 9.66 Å². The number of benzene rings is 3.